The van der Waals surface area contributed by atoms with Crippen molar-refractivity contribution in [3.05, 3.63) is 0 Å². The van der Waals surface area contributed by atoms with E-state index >= 15 is 0 Å². The molecule has 82 valence electrons. The van der Waals surface area contributed by atoms with Crippen molar-refractivity contribution in [2.45, 2.75) is 58.0 Å². The summed E-state index contributed by atoms with van der Waals surface area (Å²) in [5.41, 5.74) is -1.29. The van der Waals surface area contributed by atoms with E-state index in [0.29, 0.717) is 6.42 Å². The first kappa shape index (κ1) is 11.5. The van der Waals surface area contributed by atoms with Crippen molar-refractivity contribution in [2.24, 2.45) is 5.41 Å². The minimum atomic E-state index is -1.02. The fraction of sp³-hybridized carbons (Fsp3) is 0.909. The molecule has 0 aromatic rings. The number of carboxylic acids is 1. The van der Waals surface area contributed by atoms with Gasteiger partial charge in [-0.25, -0.2) is 0 Å². The lowest BCUT2D eigenvalue weighted by Crippen LogP contribution is -2.45. The number of carbonyl (C=O) groups is 1. The second-order valence-corrected chi connectivity index (χ2v) is 5.05. The van der Waals surface area contributed by atoms with Gasteiger partial charge in [0.25, 0.3) is 0 Å². The van der Waals surface area contributed by atoms with Gasteiger partial charge in [-0.3, -0.25) is 4.79 Å². The molecule has 0 heterocycles. The Bertz CT molecular complexity index is 223. The summed E-state index contributed by atoms with van der Waals surface area (Å²) in [5.74, 6) is -0.900. The molecule has 14 heavy (non-hydrogen) atoms. The summed E-state index contributed by atoms with van der Waals surface area (Å²) in [6.07, 6.45) is 4.54. The van der Waals surface area contributed by atoms with Crippen molar-refractivity contribution in [1.82, 2.24) is 0 Å². The maximum absolute atomic E-state index is 10.7. The number of aliphatic carboxylic acids is 1. The SMILES string of the molecule is CC1(C)CCCCCC1(O)CC(=O)O. The molecule has 0 saturated heterocycles. The van der Waals surface area contributed by atoms with Crippen LogP contribution in [0, 0.1) is 5.41 Å². The van der Waals surface area contributed by atoms with Crippen LogP contribution in [0.4, 0.5) is 0 Å². The highest BCUT2D eigenvalue weighted by Crippen LogP contribution is 2.44. The van der Waals surface area contributed by atoms with Gasteiger partial charge in [-0.15, -0.1) is 0 Å². The van der Waals surface area contributed by atoms with E-state index in [2.05, 4.69) is 0 Å². The first-order chi connectivity index (χ1) is 6.37. The topological polar surface area (TPSA) is 57.5 Å². The Morgan fingerprint density at radius 3 is 2.36 bits per heavy atom. The van der Waals surface area contributed by atoms with E-state index in [1.807, 2.05) is 13.8 Å². The smallest absolute Gasteiger partial charge is 0.306 e. The van der Waals surface area contributed by atoms with E-state index in [0.717, 1.165) is 25.7 Å². The first-order valence-electron chi connectivity index (χ1n) is 5.32. The minimum Gasteiger partial charge on any atom is -0.481 e. The van der Waals surface area contributed by atoms with Gasteiger partial charge in [0.15, 0.2) is 0 Å². The van der Waals surface area contributed by atoms with Gasteiger partial charge in [-0.1, -0.05) is 33.1 Å². The van der Waals surface area contributed by atoms with Crippen LogP contribution >= 0.6 is 0 Å². The predicted octanol–water partition coefficient (Wildman–Crippen LogP) is 2.18. The highest BCUT2D eigenvalue weighted by Gasteiger charge is 2.45. The van der Waals surface area contributed by atoms with E-state index < -0.39 is 11.6 Å². The quantitative estimate of drug-likeness (QED) is 0.672. The average Bonchev–Trinajstić information content (AvgIpc) is 2.11. The summed E-state index contributed by atoms with van der Waals surface area (Å²) in [5, 5.41) is 19.2. The normalized spacial score (nSPS) is 32.2. The Kier molecular flexibility index (Phi) is 3.20. The number of aliphatic hydroxyl groups is 1. The molecule has 0 amide bonds. The predicted molar refractivity (Wildman–Crippen MR) is 54.1 cm³/mol. The lowest BCUT2D eigenvalue weighted by Gasteiger charge is -2.40. The molecule has 0 aromatic heterocycles. The van der Waals surface area contributed by atoms with Gasteiger partial charge < -0.3 is 10.2 Å². The van der Waals surface area contributed by atoms with Crippen LogP contribution in [0.15, 0.2) is 0 Å². The molecule has 1 saturated carbocycles. The summed E-state index contributed by atoms with van der Waals surface area (Å²) >= 11 is 0. The molecule has 1 atom stereocenters. The lowest BCUT2D eigenvalue weighted by atomic mass is 9.70. The van der Waals surface area contributed by atoms with Crippen LogP contribution in [0.25, 0.3) is 0 Å². The highest BCUT2D eigenvalue weighted by atomic mass is 16.4. The average molecular weight is 200 g/mol. The maximum Gasteiger partial charge on any atom is 0.306 e. The Balaban J connectivity index is 2.83. The van der Waals surface area contributed by atoms with Gasteiger partial charge in [-0.2, -0.15) is 0 Å². The van der Waals surface area contributed by atoms with Gasteiger partial charge >= 0.3 is 5.97 Å². The van der Waals surface area contributed by atoms with Crippen LogP contribution in [-0.4, -0.2) is 21.8 Å². The Hall–Kier alpha value is -0.570. The molecular formula is C11H20O3. The Morgan fingerprint density at radius 2 is 1.79 bits per heavy atom. The van der Waals surface area contributed by atoms with Crippen LogP contribution in [-0.2, 0) is 4.79 Å². The number of hydrogen-bond acceptors (Lipinski definition) is 2. The van der Waals surface area contributed by atoms with Crippen LogP contribution in [0.1, 0.15) is 52.4 Å². The van der Waals surface area contributed by atoms with Gasteiger partial charge in [0, 0.05) is 0 Å². The zero-order valence-corrected chi connectivity index (χ0v) is 9.05. The van der Waals surface area contributed by atoms with Crippen molar-refractivity contribution in [2.75, 3.05) is 0 Å². The fourth-order valence-corrected chi connectivity index (χ4v) is 2.31. The summed E-state index contributed by atoms with van der Waals surface area (Å²) in [6, 6.07) is 0. The van der Waals surface area contributed by atoms with Crippen LogP contribution in [0.2, 0.25) is 0 Å². The summed E-state index contributed by atoms with van der Waals surface area (Å²) in [6.45, 7) is 3.95. The number of hydrogen-bond donors (Lipinski definition) is 2. The Morgan fingerprint density at radius 1 is 1.21 bits per heavy atom. The molecule has 1 fully saturated rings. The van der Waals surface area contributed by atoms with E-state index in [4.69, 9.17) is 5.11 Å². The molecule has 0 aromatic carbocycles. The van der Waals surface area contributed by atoms with Gasteiger partial charge in [0.05, 0.1) is 12.0 Å². The summed E-state index contributed by atoms with van der Waals surface area (Å²) < 4.78 is 0. The third-order valence-corrected chi connectivity index (χ3v) is 3.60. The molecule has 1 aliphatic carbocycles. The molecular weight excluding hydrogens is 180 g/mol. The molecule has 0 bridgehead atoms. The van der Waals surface area contributed by atoms with Gasteiger partial charge in [0.1, 0.15) is 0 Å². The fourth-order valence-electron chi connectivity index (χ4n) is 2.31. The lowest BCUT2D eigenvalue weighted by molar-refractivity contribution is -0.150. The molecule has 3 heteroatoms. The molecule has 0 aliphatic heterocycles. The molecule has 3 nitrogen and oxygen atoms in total. The molecule has 1 aliphatic rings. The molecule has 1 unspecified atom stereocenters. The van der Waals surface area contributed by atoms with E-state index in [9.17, 15) is 9.90 Å². The van der Waals surface area contributed by atoms with Gasteiger partial charge in [0.2, 0.25) is 0 Å². The third-order valence-electron chi connectivity index (χ3n) is 3.60. The first-order valence-corrected chi connectivity index (χ1v) is 5.32. The van der Waals surface area contributed by atoms with Crippen molar-refractivity contribution in [1.29, 1.82) is 0 Å². The van der Waals surface area contributed by atoms with Crippen molar-refractivity contribution >= 4 is 5.97 Å². The largest absolute Gasteiger partial charge is 0.481 e. The Labute approximate surface area is 85.1 Å². The zero-order chi connectivity index (χ0) is 10.8. The third kappa shape index (κ3) is 2.27. The second-order valence-electron chi connectivity index (χ2n) is 5.05. The molecule has 1 rings (SSSR count). The van der Waals surface area contributed by atoms with E-state index in [1.54, 1.807) is 0 Å². The van der Waals surface area contributed by atoms with Crippen LogP contribution < -0.4 is 0 Å². The van der Waals surface area contributed by atoms with E-state index in [-0.39, 0.29) is 11.8 Å². The van der Waals surface area contributed by atoms with Crippen LogP contribution in [0.5, 0.6) is 0 Å². The monoisotopic (exact) mass is 200 g/mol. The molecule has 0 spiro atoms. The second kappa shape index (κ2) is 3.89. The summed E-state index contributed by atoms with van der Waals surface area (Å²) in [4.78, 5) is 10.7. The number of rotatable bonds is 2. The maximum atomic E-state index is 10.7. The van der Waals surface area contributed by atoms with Gasteiger partial charge in [-0.05, 0) is 18.3 Å². The zero-order valence-electron chi connectivity index (χ0n) is 9.05. The number of carboxylic acid groups (broad SMARTS) is 1. The van der Waals surface area contributed by atoms with Crippen LogP contribution in [0.3, 0.4) is 0 Å². The molecule has 0 radical (unpaired) electrons. The standard InChI is InChI=1S/C11H20O3/c1-10(2)6-4-3-5-7-11(10,14)8-9(12)13/h14H,3-8H2,1-2H3,(H,12,13). The molecule has 2 N–H and O–H groups in total. The minimum absolute atomic E-state index is 0.125. The van der Waals surface area contributed by atoms with Crippen molar-refractivity contribution < 1.29 is 15.0 Å². The highest BCUT2D eigenvalue weighted by molar-refractivity contribution is 5.68. The summed E-state index contributed by atoms with van der Waals surface area (Å²) in [7, 11) is 0. The van der Waals surface area contributed by atoms with Crippen molar-refractivity contribution in [3.8, 4) is 0 Å². The van der Waals surface area contributed by atoms with E-state index in [1.165, 1.54) is 0 Å². The van der Waals surface area contributed by atoms with Crippen molar-refractivity contribution in [3.63, 3.8) is 0 Å².